The average Bonchev–Trinajstić information content (AvgIpc) is 2.55. The topological polar surface area (TPSA) is 79.2 Å². The zero-order valence-corrected chi connectivity index (χ0v) is 11.6. The number of nitrogens with one attached hydrogen (secondary N) is 1. The van der Waals surface area contributed by atoms with Crippen molar-refractivity contribution in [1.82, 2.24) is 0 Å². The second-order valence-electron chi connectivity index (χ2n) is 4.94. The summed E-state index contributed by atoms with van der Waals surface area (Å²) in [6.45, 7) is 0. The second kappa shape index (κ2) is 5.70. The van der Waals surface area contributed by atoms with E-state index in [1.165, 1.54) is 0 Å². The molecule has 2 aromatic carbocycles. The molecule has 5 nitrogen and oxygen atoms in total. The van der Waals surface area contributed by atoms with E-state index in [2.05, 4.69) is 5.32 Å². The first kappa shape index (κ1) is 13.8. The van der Waals surface area contributed by atoms with Crippen molar-refractivity contribution in [2.45, 2.75) is 12.5 Å². The lowest BCUT2D eigenvalue weighted by Gasteiger charge is -2.23. The van der Waals surface area contributed by atoms with Gasteiger partial charge in [-0.15, -0.1) is 0 Å². The SMILES string of the molecule is N#Cc1cccc(NC(=O)[C@@H]2Cc3ccccc3C(=O)O2)c1. The van der Waals surface area contributed by atoms with Gasteiger partial charge in [0, 0.05) is 12.1 Å². The van der Waals surface area contributed by atoms with Gasteiger partial charge in [-0.05, 0) is 29.8 Å². The molecule has 0 saturated carbocycles. The lowest BCUT2D eigenvalue weighted by molar-refractivity contribution is -0.125. The fourth-order valence-electron chi connectivity index (χ4n) is 2.37. The van der Waals surface area contributed by atoms with E-state index in [1.807, 2.05) is 18.2 Å². The quantitative estimate of drug-likeness (QED) is 0.861. The Bertz CT molecular complexity index is 792. The van der Waals surface area contributed by atoms with Gasteiger partial charge in [0.1, 0.15) is 0 Å². The van der Waals surface area contributed by atoms with Gasteiger partial charge >= 0.3 is 5.97 Å². The molecule has 2 aromatic rings. The van der Waals surface area contributed by atoms with Gasteiger partial charge in [0.05, 0.1) is 17.2 Å². The van der Waals surface area contributed by atoms with Crippen LogP contribution >= 0.6 is 0 Å². The number of hydrogen-bond donors (Lipinski definition) is 1. The number of carbonyl (C=O) groups excluding carboxylic acids is 2. The zero-order valence-electron chi connectivity index (χ0n) is 11.6. The first-order valence-electron chi connectivity index (χ1n) is 6.77. The zero-order chi connectivity index (χ0) is 15.5. The summed E-state index contributed by atoms with van der Waals surface area (Å²) in [6, 6.07) is 15.6. The molecule has 1 aliphatic rings. The summed E-state index contributed by atoms with van der Waals surface area (Å²) in [5, 5.41) is 11.5. The third-order valence-corrected chi connectivity index (χ3v) is 3.44. The van der Waals surface area contributed by atoms with Crippen molar-refractivity contribution in [1.29, 1.82) is 5.26 Å². The molecule has 0 saturated heterocycles. The molecule has 0 aromatic heterocycles. The number of fused-ring (bicyclic) bond motifs is 1. The van der Waals surface area contributed by atoms with E-state index in [1.54, 1.807) is 36.4 Å². The van der Waals surface area contributed by atoms with Gasteiger partial charge in [0.2, 0.25) is 0 Å². The molecule has 0 bridgehead atoms. The highest BCUT2D eigenvalue weighted by molar-refractivity contribution is 6.00. The molecule has 0 spiro atoms. The Morgan fingerprint density at radius 2 is 2.05 bits per heavy atom. The summed E-state index contributed by atoms with van der Waals surface area (Å²) < 4.78 is 5.19. The molecule has 0 unspecified atom stereocenters. The average molecular weight is 292 g/mol. The van der Waals surface area contributed by atoms with E-state index in [0.717, 1.165) is 5.56 Å². The Balaban J connectivity index is 1.77. The molecule has 0 fully saturated rings. The molecule has 3 rings (SSSR count). The van der Waals surface area contributed by atoms with Crippen molar-refractivity contribution < 1.29 is 14.3 Å². The van der Waals surface area contributed by atoms with Crippen LogP contribution in [0.25, 0.3) is 0 Å². The monoisotopic (exact) mass is 292 g/mol. The maximum absolute atomic E-state index is 12.3. The van der Waals surface area contributed by atoms with Crippen molar-refractivity contribution in [2.75, 3.05) is 5.32 Å². The standard InChI is InChI=1S/C17H12N2O3/c18-10-11-4-3-6-13(8-11)19-16(20)15-9-12-5-1-2-7-14(12)17(21)22-15/h1-8,15H,9H2,(H,19,20)/t15-/m0/s1. The van der Waals surface area contributed by atoms with Crippen molar-refractivity contribution in [3.05, 3.63) is 65.2 Å². The minimum atomic E-state index is -0.867. The number of nitrogens with zero attached hydrogens (tertiary/aromatic N) is 1. The van der Waals surface area contributed by atoms with E-state index < -0.39 is 18.0 Å². The molecular weight excluding hydrogens is 280 g/mol. The normalized spacial score (nSPS) is 16.1. The van der Waals surface area contributed by atoms with Crippen molar-refractivity contribution >= 4 is 17.6 Å². The molecule has 1 N–H and O–H groups in total. The highest BCUT2D eigenvalue weighted by Gasteiger charge is 2.31. The minimum Gasteiger partial charge on any atom is -0.448 e. The summed E-state index contributed by atoms with van der Waals surface area (Å²) in [6.07, 6.45) is -0.528. The predicted molar refractivity (Wildman–Crippen MR) is 79.1 cm³/mol. The Morgan fingerprint density at radius 3 is 2.86 bits per heavy atom. The number of anilines is 1. The van der Waals surface area contributed by atoms with E-state index in [0.29, 0.717) is 23.2 Å². The van der Waals surface area contributed by atoms with Crippen LogP contribution in [0, 0.1) is 11.3 Å². The van der Waals surface area contributed by atoms with Crippen LogP contribution in [0.1, 0.15) is 21.5 Å². The second-order valence-corrected chi connectivity index (χ2v) is 4.94. The van der Waals surface area contributed by atoms with E-state index in [9.17, 15) is 9.59 Å². The molecule has 1 atom stereocenters. The summed E-state index contributed by atoms with van der Waals surface area (Å²) in [4.78, 5) is 24.2. The first-order chi connectivity index (χ1) is 10.7. The van der Waals surface area contributed by atoms with Crippen LogP contribution < -0.4 is 5.32 Å². The Morgan fingerprint density at radius 1 is 1.23 bits per heavy atom. The molecule has 1 aliphatic heterocycles. The van der Waals surface area contributed by atoms with Gasteiger partial charge in [-0.3, -0.25) is 4.79 Å². The van der Waals surface area contributed by atoms with Crippen LogP contribution in [0.3, 0.4) is 0 Å². The fourth-order valence-corrected chi connectivity index (χ4v) is 2.37. The summed E-state index contributed by atoms with van der Waals surface area (Å²) >= 11 is 0. The summed E-state index contributed by atoms with van der Waals surface area (Å²) in [5.41, 5.74) is 2.24. The van der Waals surface area contributed by atoms with Gasteiger partial charge in [0.15, 0.2) is 6.10 Å². The van der Waals surface area contributed by atoms with Gasteiger partial charge in [-0.25, -0.2) is 4.79 Å². The van der Waals surface area contributed by atoms with Gasteiger partial charge < -0.3 is 10.1 Å². The number of nitriles is 1. The van der Waals surface area contributed by atoms with E-state index >= 15 is 0 Å². The van der Waals surface area contributed by atoms with Gasteiger partial charge in [-0.2, -0.15) is 5.26 Å². The van der Waals surface area contributed by atoms with Crippen LogP contribution in [0.5, 0.6) is 0 Å². The minimum absolute atomic E-state index is 0.339. The van der Waals surface area contributed by atoms with E-state index in [-0.39, 0.29) is 0 Å². The fraction of sp³-hybridized carbons (Fsp3) is 0.118. The summed E-state index contributed by atoms with van der Waals surface area (Å²) in [7, 11) is 0. The van der Waals surface area contributed by atoms with Crippen LogP contribution in [0.15, 0.2) is 48.5 Å². The smallest absolute Gasteiger partial charge is 0.339 e. The number of cyclic esters (lactones) is 1. The highest BCUT2D eigenvalue weighted by atomic mass is 16.5. The molecule has 0 radical (unpaired) electrons. The highest BCUT2D eigenvalue weighted by Crippen LogP contribution is 2.21. The third-order valence-electron chi connectivity index (χ3n) is 3.44. The number of amides is 1. The van der Waals surface area contributed by atoms with Crippen LogP contribution in [0.4, 0.5) is 5.69 Å². The number of ether oxygens (including phenoxy) is 1. The molecule has 1 heterocycles. The van der Waals surface area contributed by atoms with Crippen molar-refractivity contribution in [2.24, 2.45) is 0 Å². The van der Waals surface area contributed by atoms with Crippen LogP contribution in [0.2, 0.25) is 0 Å². The first-order valence-corrected chi connectivity index (χ1v) is 6.77. The van der Waals surface area contributed by atoms with E-state index in [4.69, 9.17) is 10.00 Å². The number of carbonyl (C=O) groups is 2. The molecular formula is C17H12N2O3. The Labute approximate surface area is 127 Å². The molecule has 0 aliphatic carbocycles. The third kappa shape index (κ3) is 2.67. The predicted octanol–water partition coefficient (Wildman–Crippen LogP) is 2.28. The molecule has 1 amide bonds. The number of benzene rings is 2. The maximum Gasteiger partial charge on any atom is 0.339 e. The van der Waals surface area contributed by atoms with Crippen molar-refractivity contribution in [3.63, 3.8) is 0 Å². The number of esters is 1. The number of hydrogen-bond acceptors (Lipinski definition) is 4. The number of rotatable bonds is 2. The molecule has 108 valence electrons. The Hall–Kier alpha value is -3.13. The molecule has 5 heteroatoms. The van der Waals surface area contributed by atoms with Crippen LogP contribution in [-0.4, -0.2) is 18.0 Å². The molecule has 22 heavy (non-hydrogen) atoms. The Kier molecular flexibility index (Phi) is 3.58. The maximum atomic E-state index is 12.3. The lowest BCUT2D eigenvalue weighted by atomic mass is 9.98. The van der Waals surface area contributed by atoms with Crippen molar-refractivity contribution in [3.8, 4) is 6.07 Å². The van der Waals surface area contributed by atoms with Gasteiger partial charge in [-0.1, -0.05) is 24.3 Å². The summed E-state index contributed by atoms with van der Waals surface area (Å²) in [5.74, 6) is -0.897. The largest absolute Gasteiger partial charge is 0.448 e. The van der Waals surface area contributed by atoms with Gasteiger partial charge in [0.25, 0.3) is 5.91 Å². The van der Waals surface area contributed by atoms with Crippen LogP contribution in [-0.2, 0) is 16.0 Å². The lowest BCUT2D eigenvalue weighted by Crippen LogP contribution is -2.37.